The van der Waals surface area contributed by atoms with Gasteiger partial charge in [-0.1, -0.05) is 32.0 Å². The summed E-state index contributed by atoms with van der Waals surface area (Å²) in [5, 5.41) is 6.40. The number of aliphatic imine (C=N–C) groups is 1. The molecule has 1 aromatic carbocycles. The second-order valence-corrected chi connectivity index (χ2v) is 6.90. The highest BCUT2D eigenvalue weighted by molar-refractivity contribution is 14.0. The standard InChI is InChI=1S/C18H26F3N3O.HI/c1-17(2,13-6-4-7-14(10-13)18(19,20)21)12-24-16(22-3)23-11-15-8-5-9-25-15;/h4,6-7,10,15H,5,8-9,11-12H2,1-3H3,(H2,22,23,24);1H. The Morgan fingerprint density at radius 3 is 2.50 bits per heavy atom. The molecule has 8 heteroatoms. The van der Waals surface area contributed by atoms with Gasteiger partial charge in [0.1, 0.15) is 0 Å². The highest BCUT2D eigenvalue weighted by atomic mass is 127. The zero-order valence-corrected chi connectivity index (χ0v) is 17.7. The fourth-order valence-corrected chi connectivity index (χ4v) is 2.76. The molecule has 0 aromatic heterocycles. The number of alkyl halides is 3. The smallest absolute Gasteiger partial charge is 0.376 e. The molecule has 0 saturated carbocycles. The Bertz CT molecular complexity index is 600. The fourth-order valence-electron chi connectivity index (χ4n) is 2.76. The van der Waals surface area contributed by atoms with Gasteiger partial charge in [0.2, 0.25) is 0 Å². The van der Waals surface area contributed by atoms with Crippen LogP contribution in [-0.2, 0) is 16.3 Å². The van der Waals surface area contributed by atoms with Gasteiger partial charge in [0.25, 0.3) is 0 Å². The Balaban J connectivity index is 0.00000338. The Hall–Kier alpha value is -1.03. The summed E-state index contributed by atoms with van der Waals surface area (Å²) in [5.41, 5.74) is -0.480. The molecule has 0 spiro atoms. The third-order valence-electron chi connectivity index (χ3n) is 4.41. The average molecular weight is 485 g/mol. The van der Waals surface area contributed by atoms with E-state index in [2.05, 4.69) is 15.6 Å². The third kappa shape index (κ3) is 6.61. The van der Waals surface area contributed by atoms with Gasteiger partial charge in [-0.3, -0.25) is 4.99 Å². The van der Waals surface area contributed by atoms with Gasteiger partial charge in [0.05, 0.1) is 11.7 Å². The zero-order chi connectivity index (χ0) is 18.5. The molecular formula is C18H27F3IN3O. The Labute approximate surface area is 170 Å². The van der Waals surface area contributed by atoms with E-state index in [9.17, 15) is 13.2 Å². The molecule has 2 N–H and O–H groups in total. The first-order valence-corrected chi connectivity index (χ1v) is 8.46. The van der Waals surface area contributed by atoms with Crippen molar-refractivity contribution >= 4 is 29.9 Å². The van der Waals surface area contributed by atoms with Gasteiger partial charge in [-0.25, -0.2) is 0 Å². The molecular weight excluding hydrogens is 458 g/mol. The largest absolute Gasteiger partial charge is 0.416 e. The zero-order valence-electron chi connectivity index (χ0n) is 15.3. The summed E-state index contributed by atoms with van der Waals surface area (Å²) in [7, 11) is 1.67. The fraction of sp³-hybridized carbons (Fsp3) is 0.611. The molecule has 1 atom stereocenters. The van der Waals surface area contributed by atoms with Gasteiger partial charge >= 0.3 is 6.18 Å². The maximum atomic E-state index is 12.9. The van der Waals surface area contributed by atoms with Crippen LogP contribution < -0.4 is 10.6 Å². The van der Waals surface area contributed by atoms with Crippen molar-refractivity contribution < 1.29 is 17.9 Å². The molecule has 1 saturated heterocycles. The van der Waals surface area contributed by atoms with Gasteiger partial charge < -0.3 is 15.4 Å². The number of hydrogen-bond donors (Lipinski definition) is 2. The van der Waals surface area contributed by atoms with Crippen LogP contribution in [0, 0.1) is 0 Å². The molecule has 0 amide bonds. The molecule has 26 heavy (non-hydrogen) atoms. The molecule has 1 aromatic rings. The first-order chi connectivity index (χ1) is 11.7. The van der Waals surface area contributed by atoms with Crippen LogP contribution in [0.5, 0.6) is 0 Å². The number of benzene rings is 1. The van der Waals surface area contributed by atoms with E-state index in [-0.39, 0.29) is 30.1 Å². The molecule has 2 rings (SSSR count). The maximum Gasteiger partial charge on any atom is 0.416 e. The van der Waals surface area contributed by atoms with Crippen LogP contribution in [0.1, 0.15) is 37.8 Å². The van der Waals surface area contributed by atoms with Crippen LogP contribution in [0.4, 0.5) is 13.2 Å². The van der Waals surface area contributed by atoms with Crippen molar-refractivity contribution in [3.05, 3.63) is 35.4 Å². The Kier molecular flexibility index (Phi) is 8.65. The minimum absolute atomic E-state index is 0. The SMILES string of the molecule is CN=C(NCC1CCCO1)NCC(C)(C)c1cccc(C(F)(F)F)c1.I. The predicted molar refractivity (Wildman–Crippen MR) is 108 cm³/mol. The highest BCUT2D eigenvalue weighted by Gasteiger charge is 2.32. The van der Waals surface area contributed by atoms with Crippen molar-refractivity contribution in [2.75, 3.05) is 26.7 Å². The van der Waals surface area contributed by atoms with Crippen molar-refractivity contribution in [1.29, 1.82) is 0 Å². The van der Waals surface area contributed by atoms with Crippen LogP contribution in [0.3, 0.4) is 0 Å². The van der Waals surface area contributed by atoms with Crippen molar-refractivity contribution in [3.8, 4) is 0 Å². The van der Waals surface area contributed by atoms with Gasteiger partial charge in [0, 0.05) is 32.2 Å². The van der Waals surface area contributed by atoms with Crippen LogP contribution in [0.25, 0.3) is 0 Å². The molecule has 1 unspecified atom stereocenters. The highest BCUT2D eigenvalue weighted by Crippen LogP contribution is 2.32. The molecule has 1 heterocycles. The number of nitrogens with one attached hydrogen (secondary N) is 2. The van der Waals surface area contributed by atoms with E-state index < -0.39 is 17.2 Å². The Morgan fingerprint density at radius 2 is 1.92 bits per heavy atom. The predicted octanol–water partition coefficient (Wildman–Crippen LogP) is 3.95. The molecule has 1 aliphatic heterocycles. The van der Waals surface area contributed by atoms with E-state index in [0.717, 1.165) is 25.5 Å². The lowest BCUT2D eigenvalue weighted by Crippen LogP contribution is -2.45. The van der Waals surface area contributed by atoms with Crippen LogP contribution in [-0.4, -0.2) is 38.8 Å². The number of guanidine groups is 1. The lowest BCUT2D eigenvalue weighted by molar-refractivity contribution is -0.137. The average Bonchev–Trinajstić information content (AvgIpc) is 3.08. The summed E-state index contributed by atoms with van der Waals surface area (Å²) in [4.78, 5) is 4.16. The van der Waals surface area contributed by atoms with Gasteiger partial charge in [-0.2, -0.15) is 13.2 Å². The first-order valence-electron chi connectivity index (χ1n) is 8.46. The number of halogens is 4. The van der Waals surface area contributed by atoms with Crippen LogP contribution in [0.2, 0.25) is 0 Å². The molecule has 148 valence electrons. The van der Waals surface area contributed by atoms with E-state index in [0.29, 0.717) is 24.6 Å². The summed E-state index contributed by atoms with van der Waals surface area (Å²) in [6, 6.07) is 5.48. The summed E-state index contributed by atoms with van der Waals surface area (Å²) < 4.78 is 44.3. The second-order valence-electron chi connectivity index (χ2n) is 6.90. The third-order valence-corrected chi connectivity index (χ3v) is 4.41. The molecule has 0 bridgehead atoms. The van der Waals surface area contributed by atoms with E-state index in [1.807, 2.05) is 13.8 Å². The quantitative estimate of drug-likeness (QED) is 0.378. The van der Waals surface area contributed by atoms with Crippen LogP contribution in [0.15, 0.2) is 29.3 Å². The minimum atomic E-state index is -4.33. The molecule has 0 radical (unpaired) electrons. The van der Waals surface area contributed by atoms with Crippen molar-refractivity contribution in [2.45, 2.75) is 44.4 Å². The van der Waals surface area contributed by atoms with Crippen molar-refractivity contribution in [2.24, 2.45) is 4.99 Å². The summed E-state index contributed by atoms with van der Waals surface area (Å²) in [6.45, 7) is 5.73. The molecule has 0 aliphatic carbocycles. The number of hydrogen-bond acceptors (Lipinski definition) is 2. The summed E-state index contributed by atoms with van der Waals surface area (Å²) >= 11 is 0. The van der Waals surface area contributed by atoms with Gasteiger partial charge in [-0.05, 0) is 24.5 Å². The van der Waals surface area contributed by atoms with E-state index in [1.54, 1.807) is 13.1 Å². The Morgan fingerprint density at radius 1 is 1.23 bits per heavy atom. The molecule has 1 aliphatic rings. The molecule has 4 nitrogen and oxygen atoms in total. The van der Waals surface area contributed by atoms with Crippen LogP contribution >= 0.6 is 24.0 Å². The number of nitrogens with zero attached hydrogens (tertiary/aromatic N) is 1. The number of ether oxygens (including phenoxy) is 1. The van der Waals surface area contributed by atoms with E-state index in [4.69, 9.17) is 4.74 Å². The minimum Gasteiger partial charge on any atom is -0.376 e. The van der Waals surface area contributed by atoms with Crippen molar-refractivity contribution in [1.82, 2.24) is 10.6 Å². The lowest BCUT2D eigenvalue weighted by atomic mass is 9.84. The monoisotopic (exact) mass is 485 g/mol. The second kappa shape index (κ2) is 9.77. The number of rotatable bonds is 5. The lowest BCUT2D eigenvalue weighted by Gasteiger charge is -2.27. The van der Waals surface area contributed by atoms with Crippen molar-refractivity contribution in [3.63, 3.8) is 0 Å². The topological polar surface area (TPSA) is 45.7 Å². The first kappa shape index (κ1) is 23.0. The van der Waals surface area contributed by atoms with Gasteiger partial charge in [0.15, 0.2) is 5.96 Å². The van der Waals surface area contributed by atoms with E-state index >= 15 is 0 Å². The van der Waals surface area contributed by atoms with E-state index in [1.165, 1.54) is 12.1 Å². The summed E-state index contributed by atoms with van der Waals surface area (Å²) in [5.74, 6) is 0.621. The molecule has 1 fully saturated rings. The van der Waals surface area contributed by atoms with Gasteiger partial charge in [-0.15, -0.1) is 24.0 Å². The normalized spacial score (nSPS) is 18.4. The maximum absolute atomic E-state index is 12.9. The summed E-state index contributed by atoms with van der Waals surface area (Å²) in [6.07, 6.45) is -2.05.